The van der Waals surface area contributed by atoms with Gasteiger partial charge in [0, 0.05) is 11.3 Å². The van der Waals surface area contributed by atoms with E-state index in [-0.39, 0.29) is 10.5 Å². The van der Waals surface area contributed by atoms with Gasteiger partial charge in [0.25, 0.3) is 15.9 Å². The van der Waals surface area contributed by atoms with Crippen molar-refractivity contribution in [3.8, 4) is 0 Å². The van der Waals surface area contributed by atoms with Gasteiger partial charge in [-0.2, -0.15) is 0 Å². The van der Waals surface area contributed by atoms with Crippen molar-refractivity contribution in [2.45, 2.75) is 11.8 Å². The van der Waals surface area contributed by atoms with Crippen LogP contribution in [-0.4, -0.2) is 19.5 Å². The van der Waals surface area contributed by atoms with Gasteiger partial charge >= 0.3 is 0 Å². The van der Waals surface area contributed by atoms with Gasteiger partial charge in [0.15, 0.2) is 0 Å². The first-order chi connectivity index (χ1) is 9.92. The molecule has 0 aliphatic rings. The third kappa shape index (κ3) is 3.59. The molecule has 0 aliphatic heterocycles. The van der Waals surface area contributed by atoms with Crippen molar-refractivity contribution >= 4 is 21.6 Å². The standard InChI is InChI=1S/C14H14N2O4S/c1-10-3-2-4-13(9-10)21(19,20)16-12-7-5-11(6-8-12)14(17)15-18/h2-9,16,18H,1H3,(H,15,17). The maximum Gasteiger partial charge on any atom is 0.274 e. The molecule has 0 unspecified atom stereocenters. The zero-order valence-corrected chi connectivity index (χ0v) is 12.0. The number of carbonyl (C=O) groups is 1. The van der Waals surface area contributed by atoms with E-state index < -0.39 is 15.9 Å². The maximum atomic E-state index is 12.2. The van der Waals surface area contributed by atoms with E-state index in [4.69, 9.17) is 5.21 Å². The summed E-state index contributed by atoms with van der Waals surface area (Å²) >= 11 is 0. The highest BCUT2D eigenvalue weighted by Crippen LogP contribution is 2.17. The Morgan fingerprint density at radius 1 is 1.10 bits per heavy atom. The third-order valence-electron chi connectivity index (χ3n) is 2.80. The maximum absolute atomic E-state index is 12.2. The van der Waals surface area contributed by atoms with Crippen LogP contribution in [0.3, 0.4) is 0 Å². The Bertz CT molecular complexity index is 755. The Labute approximate surface area is 122 Å². The Kier molecular flexibility index (Phi) is 4.25. The van der Waals surface area contributed by atoms with E-state index in [1.165, 1.54) is 35.8 Å². The molecule has 0 bridgehead atoms. The molecule has 0 aromatic heterocycles. The number of hydroxylamine groups is 1. The van der Waals surface area contributed by atoms with E-state index in [0.717, 1.165) is 5.56 Å². The number of aryl methyl sites for hydroxylation is 1. The van der Waals surface area contributed by atoms with Crippen LogP contribution in [0.25, 0.3) is 0 Å². The molecule has 2 aromatic carbocycles. The van der Waals surface area contributed by atoms with Gasteiger partial charge in [0.05, 0.1) is 4.90 Å². The van der Waals surface area contributed by atoms with Crippen molar-refractivity contribution in [2.24, 2.45) is 0 Å². The Balaban J connectivity index is 2.23. The lowest BCUT2D eigenvalue weighted by molar-refractivity contribution is 0.0706. The Morgan fingerprint density at radius 2 is 1.76 bits per heavy atom. The summed E-state index contributed by atoms with van der Waals surface area (Å²) < 4.78 is 26.8. The molecule has 7 heteroatoms. The van der Waals surface area contributed by atoms with Crippen LogP contribution in [-0.2, 0) is 10.0 Å². The molecule has 21 heavy (non-hydrogen) atoms. The van der Waals surface area contributed by atoms with Crippen LogP contribution in [0.2, 0.25) is 0 Å². The van der Waals surface area contributed by atoms with Crippen molar-refractivity contribution < 1.29 is 18.4 Å². The smallest absolute Gasteiger partial charge is 0.274 e. The van der Waals surface area contributed by atoms with E-state index in [1.54, 1.807) is 25.1 Å². The zero-order valence-electron chi connectivity index (χ0n) is 11.2. The van der Waals surface area contributed by atoms with Gasteiger partial charge < -0.3 is 0 Å². The number of nitrogens with one attached hydrogen (secondary N) is 2. The van der Waals surface area contributed by atoms with E-state index in [2.05, 4.69) is 4.72 Å². The summed E-state index contributed by atoms with van der Waals surface area (Å²) in [4.78, 5) is 11.3. The van der Waals surface area contributed by atoms with E-state index in [0.29, 0.717) is 5.69 Å². The van der Waals surface area contributed by atoms with Crippen molar-refractivity contribution in [3.63, 3.8) is 0 Å². The number of sulfonamides is 1. The fraction of sp³-hybridized carbons (Fsp3) is 0.0714. The summed E-state index contributed by atoms with van der Waals surface area (Å²) in [7, 11) is -3.67. The molecule has 1 amide bonds. The van der Waals surface area contributed by atoms with Crippen LogP contribution in [0.5, 0.6) is 0 Å². The number of hydrogen-bond donors (Lipinski definition) is 3. The molecule has 110 valence electrons. The molecule has 6 nitrogen and oxygen atoms in total. The molecule has 0 atom stereocenters. The average molecular weight is 306 g/mol. The lowest BCUT2D eigenvalue weighted by Gasteiger charge is -2.09. The van der Waals surface area contributed by atoms with Crippen LogP contribution in [0.4, 0.5) is 5.69 Å². The number of benzene rings is 2. The van der Waals surface area contributed by atoms with Gasteiger partial charge in [-0.05, 0) is 48.9 Å². The van der Waals surface area contributed by atoms with Crippen LogP contribution in [0.1, 0.15) is 15.9 Å². The third-order valence-corrected chi connectivity index (χ3v) is 4.18. The second kappa shape index (κ2) is 5.94. The summed E-state index contributed by atoms with van der Waals surface area (Å²) in [5, 5.41) is 8.51. The first kappa shape index (κ1) is 15.0. The summed E-state index contributed by atoms with van der Waals surface area (Å²) in [5.74, 6) is -0.664. The zero-order chi connectivity index (χ0) is 15.5. The highest BCUT2D eigenvalue weighted by molar-refractivity contribution is 7.92. The number of hydrogen-bond acceptors (Lipinski definition) is 4. The van der Waals surface area contributed by atoms with Gasteiger partial charge in [-0.15, -0.1) is 0 Å². The van der Waals surface area contributed by atoms with Crippen molar-refractivity contribution in [1.29, 1.82) is 0 Å². The lowest BCUT2D eigenvalue weighted by atomic mass is 10.2. The van der Waals surface area contributed by atoms with E-state index >= 15 is 0 Å². The molecular formula is C14H14N2O4S. The highest BCUT2D eigenvalue weighted by Gasteiger charge is 2.14. The van der Waals surface area contributed by atoms with Gasteiger partial charge in [-0.25, -0.2) is 13.9 Å². The van der Waals surface area contributed by atoms with Crippen LogP contribution < -0.4 is 10.2 Å². The summed E-state index contributed by atoms with van der Waals surface area (Å²) in [6, 6.07) is 12.2. The van der Waals surface area contributed by atoms with Crippen molar-refractivity contribution in [2.75, 3.05) is 4.72 Å². The molecule has 0 aliphatic carbocycles. The highest BCUT2D eigenvalue weighted by atomic mass is 32.2. The Hall–Kier alpha value is -2.38. The normalized spacial score (nSPS) is 11.0. The van der Waals surface area contributed by atoms with E-state index in [1.807, 2.05) is 0 Å². The second-order valence-electron chi connectivity index (χ2n) is 4.44. The molecule has 0 radical (unpaired) electrons. The largest absolute Gasteiger partial charge is 0.288 e. The predicted molar refractivity (Wildman–Crippen MR) is 77.7 cm³/mol. The molecule has 0 saturated heterocycles. The first-order valence-corrected chi connectivity index (χ1v) is 7.55. The number of anilines is 1. The van der Waals surface area contributed by atoms with Crippen molar-refractivity contribution in [3.05, 3.63) is 59.7 Å². The SMILES string of the molecule is Cc1cccc(S(=O)(=O)Nc2ccc(C(=O)NO)cc2)c1. The average Bonchev–Trinajstić information content (AvgIpc) is 2.47. The van der Waals surface area contributed by atoms with Gasteiger partial charge in [0.1, 0.15) is 0 Å². The number of amides is 1. The molecule has 0 heterocycles. The summed E-state index contributed by atoms with van der Waals surface area (Å²) in [6.07, 6.45) is 0. The van der Waals surface area contributed by atoms with Crippen LogP contribution >= 0.6 is 0 Å². The van der Waals surface area contributed by atoms with Gasteiger partial charge in [-0.1, -0.05) is 12.1 Å². The quantitative estimate of drug-likeness (QED) is 0.594. The minimum absolute atomic E-state index is 0.166. The summed E-state index contributed by atoms with van der Waals surface area (Å²) in [5.41, 5.74) is 2.89. The minimum atomic E-state index is -3.67. The molecular weight excluding hydrogens is 292 g/mol. The minimum Gasteiger partial charge on any atom is -0.288 e. The fourth-order valence-corrected chi connectivity index (χ4v) is 2.91. The first-order valence-electron chi connectivity index (χ1n) is 6.06. The van der Waals surface area contributed by atoms with Crippen LogP contribution in [0.15, 0.2) is 53.4 Å². The second-order valence-corrected chi connectivity index (χ2v) is 6.12. The molecule has 0 fully saturated rings. The molecule has 3 N–H and O–H groups in total. The molecule has 0 spiro atoms. The topological polar surface area (TPSA) is 95.5 Å². The molecule has 2 rings (SSSR count). The van der Waals surface area contributed by atoms with Gasteiger partial charge in [0.2, 0.25) is 0 Å². The lowest BCUT2D eigenvalue weighted by Crippen LogP contribution is -2.18. The Morgan fingerprint density at radius 3 is 2.33 bits per heavy atom. The molecule has 0 saturated carbocycles. The van der Waals surface area contributed by atoms with Crippen LogP contribution in [0, 0.1) is 6.92 Å². The predicted octanol–water partition coefficient (Wildman–Crippen LogP) is 1.91. The summed E-state index contributed by atoms with van der Waals surface area (Å²) in [6.45, 7) is 1.81. The monoisotopic (exact) mass is 306 g/mol. The fourth-order valence-electron chi connectivity index (χ4n) is 1.75. The van der Waals surface area contributed by atoms with Crippen molar-refractivity contribution in [1.82, 2.24) is 5.48 Å². The number of rotatable bonds is 4. The number of carbonyl (C=O) groups excluding carboxylic acids is 1. The van der Waals surface area contributed by atoms with E-state index in [9.17, 15) is 13.2 Å². The molecule has 2 aromatic rings. The van der Waals surface area contributed by atoms with Gasteiger partial charge in [-0.3, -0.25) is 14.7 Å².